The Morgan fingerprint density at radius 1 is 0.906 bits per heavy atom. The standard InChI is InChI=1S/C9H20N2O4S.C8H19N3O4S/c1-10-8-4-5-11(15-16(3)12)9(6-8)7-14-13-2;1-9-7-3-4-11(15-16(2)13)8(5-7)6-14-10-12/h8-10H,4-7H2,1-3H3;7-10,12H,3-6H2,1-2H3. The monoisotopic (exact) mass is 505 g/mol. The molecular formula is C17H39N5O8S2. The van der Waals surface area contributed by atoms with E-state index < -0.39 is 22.2 Å². The molecule has 0 bridgehead atoms. The van der Waals surface area contributed by atoms with Crippen LogP contribution in [0.15, 0.2) is 0 Å². The van der Waals surface area contributed by atoms with Gasteiger partial charge < -0.3 is 10.6 Å². The molecule has 0 amide bonds. The molecule has 0 aliphatic carbocycles. The van der Waals surface area contributed by atoms with E-state index in [9.17, 15) is 8.42 Å². The van der Waals surface area contributed by atoms with Crippen molar-refractivity contribution in [3.8, 4) is 0 Å². The second kappa shape index (κ2) is 17.3. The molecule has 0 aromatic rings. The molecule has 6 atom stereocenters. The number of hydrogen-bond donors (Lipinski definition) is 4. The molecule has 15 heteroatoms. The predicted molar refractivity (Wildman–Crippen MR) is 119 cm³/mol. The first-order chi connectivity index (χ1) is 15.3. The van der Waals surface area contributed by atoms with Crippen LogP contribution in [0.25, 0.3) is 0 Å². The molecule has 2 aliphatic rings. The maximum absolute atomic E-state index is 11.0. The van der Waals surface area contributed by atoms with Gasteiger partial charge in [0.2, 0.25) is 0 Å². The Morgan fingerprint density at radius 2 is 1.38 bits per heavy atom. The highest BCUT2D eigenvalue weighted by Gasteiger charge is 2.31. The fraction of sp³-hybridized carbons (Fsp3) is 1.00. The largest absolute Gasteiger partial charge is 0.317 e. The van der Waals surface area contributed by atoms with Crippen LogP contribution in [-0.4, -0.2) is 108 Å². The van der Waals surface area contributed by atoms with Crippen molar-refractivity contribution in [3.63, 3.8) is 0 Å². The molecule has 2 saturated heterocycles. The third kappa shape index (κ3) is 11.8. The van der Waals surface area contributed by atoms with Crippen LogP contribution in [0, 0.1) is 0 Å². The fourth-order valence-electron chi connectivity index (χ4n) is 3.63. The van der Waals surface area contributed by atoms with E-state index in [-0.39, 0.29) is 18.7 Å². The van der Waals surface area contributed by atoms with Gasteiger partial charge in [-0.25, -0.2) is 18.2 Å². The molecule has 192 valence electrons. The summed E-state index contributed by atoms with van der Waals surface area (Å²) in [6.07, 6.45) is 6.59. The van der Waals surface area contributed by atoms with E-state index in [1.807, 2.05) is 14.1 Å². The zero-order valence-corrected chi connectivity index (χ0v) is 21.1. The first-order valence-electron chi connectivity index (χ1n) is 10.4. The second-order valence-electron chi connectivity index (χ2n) is 7.41. The first-order valence-corrected chi connectivity index (χ1v) is 13.4. The van der Waals surface area contributed by atoms with Crippen LogP contribution in [0.3, 0.4) is 0 Å². The highest BCUT2D eigenvalue weighted by molar-refractivity contribution is 7.79. The lowest BCUT2D eigenvalue weighted by Gasteiger charge is -2.36. The van der Waals surface area contributed by atoms with Gasteiger partial charge in [-0.2, -0.15) is 18.7 Å². The van der Waals surface area contributed by atoms with Gasteiger partial charge in [0.25, 0.3) is 0 Å². The Hall–Kier alpha value is -0.140. The molecule has 2 aliphatic heterocycles. The van der Waals surface area contributed by atoms with Crippen molar-refractivity contribution in [2.75, 3.05) is 60.0 Å². The molecule has 2 heterocycles. The van der Waals surface area contributed by atoms with Crippen molar-refractivity contribution >= 4 is 22.2 Å². The van der Waals surface area contributed by atoms with E-state index in [0.717, 1.165) is 32.2 Å². The van der Waals surface area contributed by atoms with E-state index in [1.54, 1.807) is 15.8 Å². The van der Waals surface area contributed by atoms with Crippen LogP contribution in [0.2, 0.25) is 0 Å². The van der Waals surface area contributed by atoms with Gasteiger partial charge in [0, 0.05) is 37.7 Å². The number of piperidine rings is 2. The third-order valence-electron chi connectivity index (χ3n) is 5.26. The van der Waals surface area contributed by atoms with Crippen LogP contribution >= 0.6 is 0 Å². The van der Waals surface area contributed by atoms with Gasteiger partial charge in [-0.15, -0.1) is 0 Å². The third-order valence-corrected chi connectivity index (χ3v) is 6.06. The van der Waals surface area contributed by atoms with E-state index >= 15 is 0 Å². The van der Waals surface area contributed by atoms with Gasteiger partial charge in [0.15, 0.2) is 22.2 Å². The minimum absolute atomic E-state index is 0.0326. The molecule has 32 heavy (non-hydrogen) atoms. The molecule has 2 fully saturated rings. The maximum Gasteiger partial charge on any atom is 0.170 e. The normalized spacial score (nSPS) is 29.2. The molecule has 13 nitrogen and oxygen atoms in total. The van der Waals surface area contributed by atoms with Crippen molar-refractivity contribution < 1.29 is 36.8 Å². The van der Waals surface area contributed by atoms with Crippen LogP contribution in [0.1, 0.15) is 25.7 Å². The molecule has 0 aromatic carbocycles. The molecular weight excluding hydrogens is 466 g/mol. The van der Waals surface area contributed by atoms with Crippen molar-refractivity contribution in [1.82, 2.24) is 26.4 Å². The van der Waals surface area contributed by atoms with Gasteiger partial charge >= 0.3 is 0 Å². The molecule has 0 spiro atoms. The van der Waals surface area contributed by atoms with Crippen molar-refractivity contribution in [3.05, 3.63) is 0 Å². The van der Waals surface area contributed by atoms with Gasteiger partial charge in [-0.05, 0) is 39.8 Å². The van der Waals surface area contributed by atoms with Crippen molar-refractivity contribution in [1.29, 1.82) is 0 Å². The van der Waals surface area contributed by atoms with Crippen LogP contribution < -0.4 is 16.3 Å². The molecule has 0 aromatic heterocycles. The Bertz CT molecular complexity index is 507. The zero-order valence-electron chi connectivity index (χ0n) is 19.5. The Balaban J connectivity index is 0.000000320. The smallest absolute Gasteiger partial charge is 0.170 e. The Labute approximate surface area is 195 Å². The van der Waals surface area contributed by atoms with Crippen molar-refractivity contribution in [2.45, 2.75) is 49.9 Å². The maximum atomic E-state index is 11.0. The number of nitrogens with one attached hydrogen (secondary N) is 3. The van der Waals surface area contributed by atoms with E-state index in [2.05, 4.69) is 15.5 Å². The predicted octanol–water partition coefficient (Wildman–Crippen LogP) is -0.984. The van der Waals surface area contributed by atoms with Gasteiger partial charge in [-0.1, -0.05) is 5.64 Å². The average molecular weight is 506 g/mol. The lowest BCUT2D eigenvalue weighted by molar-refractivity contribution is -0.291. The Kier molecular flexibility index (Phi) is 16.2. The molecule has 0 radical (unpaired) electrons. The summed E-state index contributed by atoms with van der Waals surface area (Å²) >= 11 is -2.63. The van der Waals surface area contributed by atoms with Gasteiger partial charge in [-0.3, -0.25) is 10.0 Å². The quantitative estimate of drug-likeness (QED) is 0.191. The minimum Gasteiger partial charge on any atom is -0.317 e. The van der Waals surface area contributed by atoms with Gasteiger partial charge in [0.1, 0.15) is 6.61 Å². The molecule has 4 N–H and O–H groups in total. The lowest BCUT2D eigenvalue weighted by Crippen LogP contribution is -2.50. The number of hydroxylamine groups is 4. The zero-order chi connectivity index (χ0) is 23.9. The molecule has 6 unspecified atom stereocenters. The summed E-state index contributed by atoms with van der Waals surface area (Å²) in [5.41, 5.74) is 1.64. The summed E-state index contributed by atoms with van der Waals surface area (Å²) in [7, 11) is 5.32. The summed E-state index contributed by atoms with van der Waals surface area (Å²) in [6, 6.07) is 0.859. The van der Waals surface area contributed by atoms with E-state index in [1.165, 1.54) is 19.6 Å². The topological polar surface area (TPSA) is 143 Å². The lowest BCUT2D eigenvalue weighted by atomic mass is 10.00. The summed E-state index contributed by atoms with van der Waals surface area (Å²) in [4.78, 5) is 14.3. The van der Waals surface area contributed by atoms with Gasteiger partial charge in [0.05, 0.1) is 25.8 Å². The van der Waals surface area contributed by atoms with Crippen LogP contribution in [0.5, 0.6) is 0 Å². The summed E-state index contributed by atoms with van der Waals surface area (Å²) in [5, 5.41) is 18.2. The minimum atomic E-state index is -1.34. The summed E-state index contributed by atoms with van der Waals surface area (Å²) < 4.78 is 32.5. The van der Waals surface area contributed by atoms with Crippen LogP contribution in [0.4, 0.5) is 0 Å². The fourth-order valence-corrected chi connectivity index (χ4v) is 4.56. The number of nitrogens with zero attached hydrogens (tertiary/aromatic N) is 2. The van der Waals surface area contributed by atoms with E-state index in [0.29, 0.717) is 25.2 Å². The second-order valence-corrected chi connectivity index (χ2v) is 9.32. The number of hydrogen-bond acceptors (Lipinski definition) is 13. The summed E-state index contributed by atoms with van der Waals surface area (Å²) in [5.74, 6) is 0. The number of rotatable bonds is 12. The summed E-state index contributed by atoms with van der Waals surface area (Å²) in [6.45, 7) is 2.10. The Morgan fingerprint density at radius 3 is 1.75 bits per heavy atom. The SMILES string of the molecule is CNC1CCN(OS(C)=O)C(CONO)C1.CNC1CCN(OS(C)=O)C(COOC)C1. The first kappa shape index (κ1) is 29.9. The highest BCUT2D eigenvalue weighted by Crippen LogP contribution is 2.19. The molecule has 2 rings (SSSR count). The van der Waals surface area contributed by atoms with Crippen molar-refractivity contribution in [2.24, 2.45) is 0 Å². The highest BCUT2D eigenvalue weighted by atomic mass is 32.2. The average Bonchev–Trinajstić information content (AvgIpc) is 2.77. The molecule has 0 saturated carbocycles. The van der Waals surface area contributed by atoms with Crippen LogP contribution in [-0.2, 0) is 45.3 Å². The van der Waals surface area contributed by atoms with E-state index in [4.69, 9.17) is 23.5 Å².